The van der Waals surface area contributed by atoms with Gasteiger partial charge in [0, 0.05) is 47.7 Å². The van der Waals surface area contributed by atoms with Gasteiger partial charge in [-0.3, -0.25) is 15.1 Å². The fourth-order valence-electron chi connectivity index (χ4n) is 5.62. The highest BCUT2D eigenvalue weighted by Crippen LogP contribution is 2.38. The van der Waals surface area contributed by atoms with Crippen molar-refractivity contribution in [1.29, 1.82) is 0 Å². The van der Waals surface area contributed by atoms with E-state index in [9.17, 15) is 14.9 Å². The SMILES string of the molecule is CC(C)(C)n1nc([C@H]2CC[C@@H](OC(=O)Oc3ccc([N+](=O)[O-])cc3)C2)cc1Nc1ccnc(CCC2CC(N)C2)c1. The Morgan fingerprint density at radius 1 is 1.15 bits per heavy atom. The number of anilines is 2. The monoisotopic (exact) mass is 562 g/mol. The summed E-state index contributed by atoms with van der Waals surface area (Å²) < 4.78 is 12.8. The molecule has 3 N–H and O–H groups in total. The van der Waals surface area contributed by atoms with Gasteiger partial charge in [-0.2, -0.15) is 5.10 Å². The summed E-state index contributed by atoms with van der Waals surface area (Å²) in [4.78, 5) is 27.2. The summed E-state index contributed by atoms with van der Waals surface area (Å²) in [5.74, 6) is 1.94. The Morgan fingerprint density at radius 3 is 2.59 bits per heavy atom. The maximum atomic E-state index is 12.4. The molecule has 0 radical (unpaired) electrons. The molecule has 218 valence electrons. The van der Waals surface area contributed by atoms with Crippen LogP contribution in [0, 0.1) is 16.0 Å². The largest absolute Gasteiger partial charge is 0.514 e. The van der Waals surface area contributed by atoms with Crippen molar-refractivity contribution in [1.82, 2.24) is 14.8 Å². The normalized spacial score (nSPS) is 22.1. The predicted molar refractivity (Wildman–Crippen MR) is 154 cm³/mol. The van der Waals surface area contributed by atoms with Gasteiger partial charge in [-0.1, -0.05) is 0 Å². The smallest absolute Gasteiger partial charge is 0.431 e. The molecule has 2 heterocycles. The first-order valence-corrected chi connectivity index (χ1v) is 14.2. The van der Waals surface area contributed by atoms with Crippen LogP contribution in [-0.2, 0) is 16.7 Å². The van der Waals surface area contributed by atoms with Crippen molar-refractivity contribution in [2.75, 3.05) is 5.32 Å². The Balaban J connectivity index is 1.20. The van der Waals surface area contributed by atoms with Crippen molar-refractivity contribution in [3.05, 3.63) is 70.2 Å². The van der Waals surface area contributed by atoms with E-state index >= 15 is 0 Å². The first-order valence-electron chi connectivity index (χ1n) is 14.2. The molecule has 2 fully saturated rings. The van der Waals surface area contributed by atoms with Crippen molar-refractivity contribution in [3.63, 3.8) is 0 Å². The fourth-order valence-corrected chi connectivity index (χ4v) is 5.62. The highest BCUT2D eigenvalue weighted by molar-refractivity contribution is 5.64. The fraction of sp³-hybridized carbons (Fsp3) is 0.500. The van der Waals surface area contributed by atoms with Crippen LogP contribution in [0.5, 0.6) is 5.75 Å². The molecule has 2 atom stereocenters. The van der Waals surface area contributed by atoms with Crippen LogP contribution >= 0.6 is 0 Å². The molecule has 0 saturated heterocycles. The molecular formula is C30H38N6O5. The number of carbonyl (C=O) groups is 1. The average Bonchev–Trinajstić information content (AvgIpc) is 3.53. The standard InChI is InChI=1S/C30H38N6O5/c1-30(2,3)35-28(33-23-12-13-32-22(17-23)6-4-19-14-21(31)15-19)18-27(34-35)20-5-9-26(16-20)41-29(37)40-25-10-7-24(8-11-25)36(38)39/h7-8,10-13,17-21,26H,4-6,9,14-16,31H2,1-3H3,(H,32,33)/t19?,20-,21?,26+/m0/s1. The lowest BCUT2D eigenvalue weighted by Gasteiger charge is -2.32. The molecule has 5 rings (SSSR count). The molecule has 2 aromatic heterocycles. The van der Waals surface area contributed by atoms with Gasteiger partial charge in [0.15, 0.2) is 0 Å². The number of nitro groups is 1. The van der Waals surface area contributed by atoms with Crippen LogP contribution in [0.3, 0.4) is 0 Å². The third kappa shape index (κ3) is 7.21. The molecule has 0 bridgehead atoms. The number of rotatable bonds is 9. The maximum absolute atomic E-state index is 12.4. The minimum Gasteiger partial charge on any atom is -0.431 e. The van der Waals surface area contributed by atoms with E-state index in [1.54, 1.807) is 0 Å². The zero-order valence-corrected chi connectivity index (χ0v) is 23.8. The molecular weight excluding hydrogens is 524 g/mol. The molecule has 0 spiro atoms. The minimum absolute atomic E-state index is 0.0770. The lowest BCUT2D eigenvalue weighted by atomic mass is 9.78. The molecule has 11 nitrogen and oxygen atoms in total. The van der Waals surface area contributed by atoms with Crippen LogP contribution in [-0.4, -0.2) is 38.0 Å². The van der Waals surface area contributed by atoms with E-state index in [2.05, 4.69) is 43.2 Å². The van der Waals surface area contributed by atoms with Crippen LogP contribution in [0.1, 0.15) is 76.6 Å². The zero-order chi connectivity index (χ0) is 29.1. The van der Waals surface area contributed by atoms with E-state index in [1.165, 1.54) is 24.3 Å². The quantitative estimate of drug-likeness (QED) is 0.134. The van der Waals surface area contributed by atoms with E-state index in [4.69, 9.17) is 20.3 Å². The van der Waals surface area contributed by atoms with E-state index in [0.717, 1.165) is 55.0 Å². The first-order chi connectivity index (χ1) is 19.5. The average molecular weight is 563 g/mol. The lowest BCUT2D eigenvalue weighted by molar-refractivity contribution is -0.384. The zero-order valence-electron chi connectivity index (χ0n) is 23.8. The van der Waals surface area contributed by atoms with Crippen LogP contribution in [0.25, 0.3) is 0 Å². The van der Waals surface area contributed by atoms with Crippen LogP contribution in [0.2, 0.25) is 0 Å². The number of benzene rings is 1. The number of nitro benzene ring substituents is 1. The second-order valence-corrected chi connectivity index (χ2v) is 12.2. The van der Waals surface area contributed by atoms with Gasteiger partial charge in [-0.25, -0.2) is 9.48 Å². The molecule has 11 heteroatoms. The number of carbonyl (C=O) groups excluding carboxylic acids is 1. The van der Waals surface area contributed by atoms with Crippen LogP contribution < -0.4 is 15.8 Å². The number of non-ortho nitro benzene ring substituents is 1. The van der Waals surface area contributed by atoms with Gasteiger partial charge in [0.1, 0.15) is 17.7 Å². The summed E-state index contributed by atoms with van der Waals surface area (Å²) in [6.07, 6.45) is 7.17. The summed E-state index contributed by atoms with van der Waals surface area (Å²) in [5, 5.41) is 19.3. The third-order valence-corrected chi connectivity index (χ3v) is 7.85. The molecule has 2 aliphatic rings. The summed E-state index contributed by atoms with van der Waals surface area (Å²) >= 11 is 0. The Kier molecular flexibility index (Phi) is 8.25. The molecule has 0 unspecified atom stereocenters. The van der Waals surface area contributed by atoms with Crippen molar-refractivity contribution in [2.24, 2.45) is 11.7 Å². The predicted octanol–water partition coefficient (Wildman–Crippen LogP) is 6.21. The van der Waals surface area contributed by atoms with E-state index in [0.29, 0.717) is 24.8 Å². The van der Waals surface area contributed by atoms with Gasteiger partial charge in [-0.15, -0.1) is 0 Å². The Hall–Kier alpha value is -3.99. The number of aryl methyl sites for hydroxylation is 1. The number of nitrogens with two attached hydrogens (primary N) is 1. The highest BCUT2D eigenvalue weighted by atomic mass is 16.7. The highest BCUT2D eigenvalue weighted by Gasteiger charge is 2.32. The Bertz CT molecular complexity index is 1380. The second-order valence-electron chi connectivity index (χ2n) is 12.2. The van der Waals surface area contributed by atoms with Crippen molar-refractivity contribution >= 4 is 23.3 Å². The van der Waals surface area contributed by atoms with Gasteiger partial charge in [0.05, 0.1) is 16.2 Å². The van der Waals surface area contributed by atoms with E-state index in [1.807, 2.05) is 16.9 Å². The van der Waals surface area contributed by atoms with Gasteiger partial charge >= 0.3 is 6.16 Å². The summed E-state index contributed by atoms with van der Waals surface area (Å²) in [6, 6.07) is 11.8. The van der Waals surface area contributed by atoms with Crippen LogP contribution in [0.4, 0.5) is 22.0 Å². The van der Waals surface area contributed by atoms with Crippen molar-refractivity contribution in [3.8, 4) is 5.75 Å². The van der Waals surface area contributed by atoms with Gasteiger partial charge in [0.25, 0.3) is 5.69 Å². The van der Waals surface area contributed by atoms with Crippen LogP contribution in [0.15, 0.2) is 48.7 Å². The first kappa shape index (κ1) is 28.5. The minimum atomic E-state index is -0.819. The number of hydrogen-bond donors (Lipinski definition) is 2. The number of nitrogens with one attached hydrogen (secondary N) is 1. The molecule has 3 aromatic rings. The number of pyridine rings is 1. The van der Waals surface area contributed by atoms with Crippen molar-refractivity contribution in [2.45, 2.75) is 89.3 Å². The molecule has 41 heavy (non-hydrogen) atoms. The van der Waals surface area contributed by atoms with Gasteiger partial charge in [-0.05, 0) is 95.9 Å². The van der Waals surface area contributed by atoms with Gasteiger partial charge in [0.2, 0.25) is 0 Å². The number of aromatic nitrogens is 3. The molecule has 2 aliphatic carbocycles. The summed E-state index contributed by atoms with van der Waals surface area (Å²) in [6.45, 7) is 6.35. The summed E-state index contributed by atoms with van der Waals surface area (Å²) in [5.41, 5.74) is 8.60. The molecule has 0 aliphatic heterocycles. The lowest BCUT2D eigenvalue weighted by Crippen LogP contribution is -2.36. The second kappa shape index (κ2) is 11.9. The number of ether oxygens (including phenoxy) is 2. The van der Waals surface area contributed by atoms with E-state index in [-0.39, 0.29) is 29.0 Å². The number of hydrogen-bond acceptors (Lipinski definition) is 9. The topological polar surface area (TPSA) is 147 Å². The van der Waals surface area contributed by atoms with E-state index < -0.39 is 11.1 Å². The van der Waals surface area contributed by atoms with Gasteiger partial charge < -0.3 is 20.5 Å². The Morgan fingerprint density at radius 2 is 1.90 bits per heavy atom. The molecule has 0 amide bonds. The molecule has 1 aromatic carbocycles. The molecule has 2 saturated carbocycles. The number of nitrogens with zero attached hydrogens (tertiary/aromatic N) is 4. The summed E-state index contributed by atoms with van der Waals surface area (Å²) in [7, 11) is 0. The Labute approximate surface area is 239 Å². The third-order valence-electron chi connectivity index (χ3n) is 7.85. The van der Waals surface area contributed by atoms with Crippen molar-refractivity contribution < 1.29 is 19.2 Å². The maximum Gasteiger partial charge on any atom is 0.514 e.